The molecule has 4 rings (SSSR count). The second-order valence-electron chi connectivity index (χ2n) is 8.29. The van der Waals surface area contributed by atoms with Crippen molar-refractivity contribution in [1.82, 2.24) is 15.1 Å². The Morgan fingerprint density at radius 2 is 1.82 bits per heavy atom. The Kier molecular flexibility index (Phi) is 5.31. The zero-order valence-corrected chi connectivity index (χ0v) is 17.1. The molecule has 0 unspecified atom stereocenters. The maximum absolute atomic E-state index is 12.6. The first kappa shape index (κ1) is 19.2. The highest BCUT2D eigenvalue weighted by Crippen LogP contribution is 2.52. The lowest BCUT2D eigenvalue weighted by atomic mass is 9.85. The molecule has 28 heavy (non-hydrogen) atoms. The van der Waals surface area contributed by atoms with Gasteiger partial charge in [-0.3, -0.25) is 19.3 Å². The van der Waals surface area contributed by atoms with Gasteiger partial charge in [0.15, 0.2) is 0 Å². The van der Waals surface area contributed by atoms with Crippen molar-refractivity contribution in [3.05, 3.63) is 17.2 Å². The van der Waals surface area contributed by atoms with Crippen molar-refractivity contribution in [2.45, 2.75) is 51.9 Å². The van der Waals surface area contributed by atoms with Gasteiger partial charge < -0.3 is 5.32 Å². The van der Waals surface area contributed by atoms with Crippen molar-refractivity contribution in [2.24, 2.45) is 23.7 Å². The molecule has 2 fully saturated rings. The molecular formula is C20H26N4O3S. The molecule has 7 nitrogen and oxygen atoms in total. The summed E-state index contributed by atoms with van der Waals surface area (Å²) in [7, 11) is 0. The number of rotatable bonds is 8. The number of unbranched alkanes of at least 4 members (excludes halogenated alkanes) is 2. The number of carbonyl (C=O) groups is 3. The third-order valence-corrected chi connectivity index (χ3v) is 7.17. The van der Waals surface area contributed by atoms with Crippen LogP contribution in [0.25, 0.3) is 0 Å². The number of allylic oxidation sites excluding steroid dienone is 2. The predicted molar refractivity (Wildman–Crippen MR) is 106 cm³/mol. The first-order chi connectivity index (χ1) is 13.5. The summed E-state index contributed by atoms with van der Waals surface area (Å²) >= 11 is 1.40. The number of aromatic nitrogens is 2. The lowest BCUT2D eigenvalue weighted by Crippen LogP contribution is -2.33. The largest absolute Gasteiger partial charge is 0.301 e. The van der Waals surface area contributed by atoms with Crippen molar-refractivity contribution >= 4 is 34.2 Å². The van der Waals surface area contributed by atoms with Gasteiger partial charge in [-0.1, -0.05) is 43.8 Å². The van der Waals surface area contributed by atoms with E-state index in [-0.39, 0.29) is 41.4 Å². The molecule has 2 bridgehead atoms. The normalized spacial score (nSPS) is 27.9. The number of fused-ring (bicyclic) bond motifs is 5. The smallest absolute Gasteiger partial charge is 0.233 e. The summed E-state index contributed by atoms with van der Waals surface area (Å²) in [6, 6.07) is 0. The number of hydrogen-bond donors (Lipinski definition) is 1. The molecule has 1 saturated carbocycles. The summed E-state index contributed by atoms with van der Waals surface area (Å²) in [6.07, 6.45) is 7.85. The van der Waals surface area contributed by atoms with Crippen molar-refractivity contribution in [1.29, 1.82) is 0 Å². The van der Waals surface area contributed by atoms with Crippen LogP contribution in [-0.2, 0) is 14.4 Å². The molecule has 1 N–H and O–H groups in total. The van der Waals surface area contributed by atoms with E-state index in [1.807, 2.05) is 13.8 Å². The quantitative estimate of drug-likeness (QED) is 0.410. The van der Waals surface area contributed by atoms with Crippen molar-refractivity contribution < 1.29 is 14.4 Å². The maximum atomic E-state index is 12.6. The molecule has 2 aliphatic carbocycles. The number of nitrogens with one attached hydrogen (secondary N) is 1. The van der Waals surface area contributed by atoms with E-state index >= 15 is 0 Å². The topological polar surface area (TPSA) is 92.3 Å². The van der Waals surface area contributed by atoms with Crippen molar-refractivity contribution in [2.75, 3.05) is 11.9 Å². The van der Waals surface area contributed by atoms with Crippen LogP contribution in [0.4, 0.5) is 5.13 Å². The van der Waals surface area contributed by atoms with Gasteiger partial charge in [-0.25, -0.2) is 0 Å². The van der Waals surface area contributed by atoms with E-state index in [2.05, 4.69) is 27.7 Å². The van der Waals surface area contributed by atoms with Gasteiger partial charge in [0.05, 0.1) is 11.8 Å². The Morgan fingerprint density at radius 3 is 2.43 bits per heavy atom. The molecule has 3 amide bonds. The number of likely N-dealkylation sites (tertiary alicyclic amines) is 1. The van der Waals surface area contributed by atoms with Crippen LogP contribution in [0.5, 0.6) is 0 Å². The number of anilines is 1. The molecule has 2 heterocycles. The third kappa shape index (κ3) is 3.50. The highest BCUT2D eigenvalue weighted by molar-refractivity contribution is 7.15. The number of carbonyl (C=O) groups excluding carboxylic acids is 3. The lowest BCUT2D eigenvalue weighted by molar-refractivity contribution is -0.140. The van der Waals surface area contributed by atoms with E-state index in [1.165, 1.54) is 16.2 Å². The van der Waals surface area contributed by atoms with Gasteiger partial charge >= 0.3 is 0 Å². The molecule has 0 radical (unpaired) electrons. The predicted octanol–water partition coefficient (Wildman–Crippen LogP) is 2.97. The SMILES string of the molecule is CC(C)c1nnc(NC(=O)CCCCCN2C(=O)[C@@H]3[C@@H](C2=O)[C@H]2C=C[C@H]3C2)s1. The van der Waals surface area contributed by atoms with Gasteiger partial charge in [0, 0.05) is 18.9 Å². The minimum absolute atomic E-state index is 0.0156. The second kappa shape index (κ2) is 7.73. The number of amides is 3. The highest BCUT2D eigenvalue weighted by atomic mass is 32.1. The lowest BCUT2D eigenvalue weighted by Gasteiger charge is -2.16. The van der Waals surface area contributed by atoms with Gasteiger partial charge in [-0.05, 0) is 31.1 Å². The molecule has 0 aromatic carbocycles. The molecule has 4 atom stereocenters. The zero-order valence-electron chi connectivity index (χ0n) is 16.3. The van der Waals surface area contributed by atoms with Crippen LogP contribution in [0.1, 0.15) is 56.9 Å². The Bertz CT molecular complexity index is 788. The molecule has 150 valence electrons. The Hall–Kier alpha value is -2.09. The van der Waals surface area contributed by atoms with E-state index in [0.717, 1.165) is 30.7 Å². The molecule has 1 aromatic rings. The Labute approximate surface area is 168 Å². The maximum Gasteiger partial charge on any atom is 0.233 e. The number of hydrogen-bond acceptors (Lipinski definition) is 6. The summed E-state index contributed by atoms with van der Waals surface area (Å²) in [6.45, 7) is 4.55. The minimum atomic E-state index is -0.115. The van der Waals surface area contributed by atoms with Crippen LogP contribution in [0.3, 0.4) is 0 Å². The van der Waals surface area contributed by atoms with Gasteiger partial charge in [0.2, 0.25) is 22.9 Å². The molecule has 0 spiro atoms. The molecule has 3 aliphatic rings. The van der Waals surface area contributed by atoms with Gasteiger partial charge in [0.1, 0.15) is 5.01 Å². The number of nitrogens with zero attached hydrogens (tertiary/aromatic N) is 3. The van der Waals surface area contributed by atoms with Gasteiger partial charge in [0.25, 0.3) is 0 Å². The molecule has 1 aromatic heterocycles. The molecule has 1 saturated heterocycles. The summed E-state index contributed by atoms with van der Waals surface area (Å²) < 4.78 is 0. The average Bonchev–Trinajstić information content (AvgIpc) is 3.41. The summed E-state index contributed by atoms with van der Waals surface area (Å²) in [5.74, 6) is 0.547. The second-order valence-corrected chi connectivity index (χ2v) is 9.30. The minimum Gasteiger partial charge on any atom is -0.301 e. The standard InChI is InChI=1S/C20H26N4O3S/c1-11(2)17-22-23-20(28-17)21-14(25)6-4-3-5-9-24-18(26)15-12-7-8-13(10-12)16(15)19(24)27/h7-8,11-13,15-16H,3-6,9-10H2,1-2H3,(H,21,23,25)/t12-,13-,15-,16-/m0/s1. The first-order valence-corrected chi connectivity index (χ1v) is 10.9. The summed E-state index contributed by atoms with van der Waals surface area (Å²) in [4.78, 5) is 38.7. The Morgan fingerprint density at radius 1 is 1.14 bits per heavy atom. The van der Waals surface area contributed by atoms with E-state index < -0.39 is 0 Å². The van der Waals surface area contributed by atoms with Crippen molar-refractivity contribution in [3.63, 3.8) is 0 Å². The first-order valence-electron chi connectivity index (χ1n) is 10.1. The van der Waals surface area contributed by atoms with E-state index in [4.69, 9.17) is 0 Å². The fourth-order valence-corrected chi connectivity index (χ4v) is 5.38. The van der Waals surface area contributed by atoms with Gasteiger partial charge in [-0.2, -0.15) is 0 Å². The summed E-state index contributed by atoms with van der Waals surface area (Å²) in [5.41, 5.74) is 0. The van der Waals surface area contributed by atoms with Crippen LogP contribution in [-0.4, -0.2) is 39.4 Å². The van der Waals surface area contributed by atoms with Crippen LogP contribution < -0.4 is 5.32 Å². The summed E-state index contributed by atoms with van der Waals surface area (Å²) in [5, 5.41) is 12.3. The fourth-order valence-electron chi connectivity index (χ4n) is 4.62. The average molecular weight is 403 g/mol. The monoisotopic (exact) mass is 402 g/mol. The van der Waals surface area contributed by atoms with Crippen LogP contribution in [0.15, 0.2) is 12.2 Å². The van der Waals surface area contributed by atoms with E-state index in [9.17, 15) is 14.4 Å². The van der Waals surface area contributed by atoms with E-state index in [1.54, 1.807) is 0 Å². The van der Waals surface area contributed by atoms with Crippen LogP contribution >= 0.6 is 11.3 Å². The van der Waals surface area contributed by atoms with E-state index in [0.29, 0.717) is 24.0 Å². The molecule has 1 aliphatic heterocycles. The third-order valence-electron chi connectivity index (χ3n) is 6.03. The molecule has 8 heteroatoms. The fraction of sp³-hybridized carbons (Fsp3) is 0.650. The van der Waals surface area contributed by atoms with Gasteiger partial charge in [-0.15, -0.1) is 10.2 Å². The number of imide groups is 1. The highest BCUT2D eigenvalue weighted by Gasteiger charge is 2.58. The molecular weight excluding hydrogens is 376 g/mol. The van der Waals surface area contributed by atoms with Crippen LogP contribution in [0.2, 0.25) is 0 Å². The van der Waals surface area contributed by atoms with Crippen LogP contribution in [0, 0.1) is 23.7 Å². The zero-order chi connectivity index (χ0) is 19.8. The Balaban J connectivity index is 1.17. The van der Waals surface area contributed by atoms with Crippen molar-refractivity contribution in [3.8, 4) is 0 Å².